The summed E-state index contributed by atoms with van der Waals surface area (Å²) in [6.45, 7) is 2.31. The molecule has 1 aliphatic rings. The summed E-state index contributed by atoms with van der Waals surface area (Å²) in [5, 5.41) is 4.62. The van der Waals surface area contributed by atoms with Gasteiger partial charge in [-0.3, -0.25) is 0 Å². The Balaban J connectivity index is 2.18. The highest BCUT2D eigenvalue weighted by Gasteiger charge is 2.33. The fraction of sp³-hybridized carbons (Fsp3) is 0.636. The molecule has 2 heterocycles. The molecule has 90 valence electrons. The summed E-state index contributed by atoms with van der Waals surface area (Å²) in [4.78, 5) is 0. The highest BCUT2D eigenvalue weighted by Crippen LogP contribution is 2.40. The van der Waals surface area contributed by atoms with Gasteiger partial charge in [-0.1, -0.05) is 6.92 Å². The zero-order valence-electron chi connectivity index (χ0n) is 9.40. The van der Waals surface area contributed by atoms with Crippen LogP contribution in [0.1, 0.15) is 18.7 Å². The molecule has 1 aromatic heterocycles. The number of halogens is 1. The van der Waals surface area contributed by atoms with Crippen molar-refractivity contribution >= 4 is 39.5 Å². The second kappa shape index (κ2) is 5.85. The van der Waals surface area contributed by atoms with Gasteiger partial charge in [0.15, 0.2) is 0 Å². The first kappa shape index (κ1) is 12.9. The molecule has 3 atom stereocenters. The van der Waals surface area contributed by atoms with Gasteiger partial charge in [0, 0.05) is 22.0 Å². The van der Waals surface area contributed by atoms with Gasteiger partial charge in [-0.2, -0.15) is 23.5 Å². The third-order valence-corrected chi connectivity index (χ3v) is 6.65. The van der Waals surface area contributed by atoms with E-state index in [1.807, 2.05) is 24.9 Å². The van der Waals surface area contributed by atoms with Crippen LogP contribution in [0.4, 0.5) is 0 Å². The molecular formula is C11H16BrNOS2. The predicted octanol–water partition coefficient (Wildman–Crippen LogP) is 3.54. The molecule has 0 aromatic carbocycles. The van der Waals surface area contributed by atoms with Crippen molar-refractivity contribution in [3.8, 4) is 0 Å². The van der Waals surface area contributed by atoms with Crippen molar-refractivity contribution in [2.75, 3.05) is 18.6 Å². The molecule has 1 aliphatic heterocycles. The first-order valence-corrected chi connectivity index (χ1v) is 8.26. The van der Waals surface area contributed by atoms with Crippen molar-refractivity contribution in [2.45, 2.75) is 23.5 Å². The van der Waals surface area contributed by atoms with Crippen molar-refractivity contribution < 1.29 is 4.42 Å². The highest BCUT2D eigenvalue weighted by molar-refractivity contribution is 9.10. The van der Waals surface area contributed by atoms with Crippen LogP contribution in [0.2, 0.25) is 0 Å². The van der Waals surface area contributed by atoms with Gasteiger partial charge in [0.1, 0.15) is 5.76 Å². The molecule has 2 nitrogen and oxygen atoms in total. The van der Waals surface area contributed by atoms with Gasteiger partial charge in [-0.25, -0.2) is 0 Å². The molecular weight excluding hydrogens is 306 g/mol. The number of hydrogen-bond donors (Lipinski definition) is 1. The Morgan fingerprint density at radius 1 is 1.50 bits per heavy atom. The van der Waals surface area contributed by atoms with Gasteiger partial charge < -0.3 is 9.73 Å². The van der Waals surface area contributed by atoms with E-state index >= 15 is 0 Å². The molecule has 0 bridgehead atoms. The topological polar surface area (TPSA) is 25.2 Å². The predicted molar refractivity (Wildman–Crippen MR) is 76.4 cm³/mol. The maximum Gasteiger partial charge on any atom is 0.135 e. The van der Waals surface area contributed by atoms with E-state index in [-0.39, 0.29) is 6.04 Å². The number of hydrogen-bond acceptors (Lipinski definition) is 4. The number of rotatable bonds is 3. The van der Waals surface area contributed by atoms with E-state index in [0.29, 0.717) is 10.5 Å². The smallest absolute Gasteiger partial charge is 0.135 e. The van der Waals surface area contributed by atoms with E-state index in [0.717, 1.165) is 10.2 Å². The van der Waals surface area contributed by atoms with Crippen LogP contribution in [0, 0.1) is 0 Å². The van der Waals surface area contributed by atoms with Crippen molar-refractivity contribution in [3.63, 3.8) is 0 Å². The van der Waals surface area contributed by atoms with Gasteiger partial charge in [0.05, 0.1) is 16.8 Å². The van der Waals surface area contributed by atoms with Gasteiger partial charge in [-0.05, 0) is 29.0 Å². The summed E-state index contributed by atoms with van der Waals surface area (Å²) in [5.41, 5.74) is 0. The summed E-state index contributed by atoms with van der Waals surface area (Å²) in [6, 6.07) is 2.25. The lowest BCUT2D eigenvalue weighted by Gasteiger charge is -2.33. The van der Waals surface area contributed by atoms with Gasteiger partial charge >= 0.3 is 0 Å². The Morgan fingerprint density at radius 3 is 2.81 bits per heavy atom. The molecule has 3 unspecified atom stereocenters. The fourth-order valence-electron chi connectivity index (χ4n) is 1.99. The number of thioether (sulfide) groups is 2. The zero-order valence-corrected chi connectivity index (χ0v) is 12.6. The molecule has 2 rings (SSSR count). The third kappa shape index (κ3) is 2.63. The maximum absolute atomic E-state index is 5.59. The van der Waals surface area contributed by atoms with E-state index in [4.69, 9.17) is 4.42 Å². The van der Waals surface area contributed by atoms with Crippen LogP contribution in [0.15, 0.2) is 21.2 Å². The lowest BCUT2D eigenvalue weighted by Crippen LogP contribution is -2.36. The molecule has 1 N–H and O–H groups in total. The summed E-state index contributed by atoms with van der Waals surface area (Å²) < 4.78 is 6.65. The first-order valence-electron chi connectivity index (χ1n) is 5.37. The minimum absolute atomic E-state index is 0.289. The molecule has 0 aliphatic carbocycles. The van der Waals surface area contributed by atoms with E-state index in [1.165, 1.54) is 11.5 Å². The third-order valence-electron chi connectivity index (χ3n) is 2.80. The second-order valence-corrected chi connectivity index (χ2v) is 7.44. The minimum Gasteiger partial charge on any atom is -0.466 e. The standard InChI is InChI=1S/C11H16BrNOS2/c1-7-11(16-6-5-15-7)9(13-2)10-8(12)3-4-14-10/h3-4,7,9,11,13H,5-6H2,1-2H3. The van der Waals surface area contributed by atoms with Crippen molar-refractivity contribution in [3.05, 3.63) is 22.6 Å². The lowest BCUT2D eigenvalue weighted by molar-refractivity contribution is 0.418. The van der Waals surface area contributed by atoms with Crippen LogP contribution in [-0.4, -0.2) is 29.1 Å². The largest absolute Gasteiger partial charge is 0.466 e. The van der Waals surface area contributed by atoms with Crippen LogP contribution in [0.3, 0.4) is 0 Å². The molecule has 0 saturated carbocycles. The normalized spacial score (nSPS) is 27.9. The van der Waals surface area contributed by atoms with Crippen molar-refractivity contribution in [1.29, 1.82) is 0 Å². The SMILES string of the molecule is CNC(c1occc1Br)C1SCCSC1C. The van der Waals surface area contributed by atoms with Gasteiger partial charge in [-0.15, -0.1) is 0 Å². The Labute approximate surface area is 113 Å². The summed E-state index contributed by atoms with van der Waals surface area (Å²) in [6.07, 6.45) is 1.75. The fourth-order valence-corrected chi connectivity index (χ4v) is 5.39. The molecule has 1 fully saturated rings. The average Bonchev–Trinajstić information content (AvgIpc) is 2.69. The number of furan rings is 1. The minimum atomic E-state index is 0.289. The van der Waals surface area contributed by atoms with Crippen molar-refractivity contribution in [1.82, 2.24) is 5.32 Å². The number of nitrogens with one attached hydrogen (secondary N) is 1. The van der Waals surface area contributed by atoms with Crippen LogP contribution in [0.5, 0.6) is 0 Å². The monoisotopic (exact) mass is 321 g/mol. The molecule has 1 aromatic rings. The maximum atomic E-state index is 5.59. The van der Waals surface area contributed by atoms with E-state index in [2.05, 4.69) is 39.9 Å². The Morgan fingerprint density at radius 2 is 2.25 bits per heavy atom. The Bertz CT molecular complexity index is 344. The molecule has 0 spiro atoms. The zero-order chi connectivity index (χ0) is 11.5. The Hall–Kier alpha value is 0.420. The molecule has 1 saturated heterocycles. The van der Waals surface area contributed by atoms with E-state index in [1.54, 1.807) is 6.26 Å². The van der Waals surface area contributed by atoms with Crippen LogP contribution >= 0.6 is 39.5 Å². The lowest BCUT2D eigenvalue weighted by atomic mass is 10.1. The van der Waals surface area contributed by atoms with Crippen LogP contribution in [0.25, 0.3) is 0 Å². The first-order chi connectivity index (χ1) is 7.74. The van der Waals surface area contributed by atoms with Crippen LogP contribution < -0.4 is 5.32 Å². The molecule has 16 heavy (non-hydrogen) atoms. The van der Waals surface area contributed by atoms with E-state index in [9.17, 15) is 0 Å². The summed E-state index contributed by atoms with van der Waals surface area (Å²) >= 11 is 7.65. The average molecular weight is 322 g/mol. The van der Waals surface area contributed by atoms with Gasteiger partial charge in [0.2, 0.25) is 0 Å². The Kier molecular flexibility index (Phi) is 4.70. The summed E-state index contributed by atoms with van der Waals surface area (Å²) in [7, 11) is 2.01. The van der Waals surface area contributed by atoms with Crippen LogP contribution in [-0.2, 0) is 0 Å². The summed E-state index contributed by atoms with van der Waals surface area (Å²) in [5.74, 6) is 3.52. The van der Waals surface area contributed by atoms with Crippen molar-refractivity contribution in [2.24, 2.45) is 0 Å². The second-order valence-electron chi connectivity index (χ2n) is 3.81. The molecule has 0 amide bonds. The van der Waals surface area contributed by atoms with E-state index < -0.39 is 0 Å². The molecule has 0 radical (unpaired) electrons. The quantitative estimate of drug-likeness (QED) is 0.920. The molecule has 5 heteroatoms. The highest BCUT2D eigenvalue weighted by atomic mass is 79.9. The van der Waals surface area contributed by atoms with Gasteiger partial charge in [0.25, 0.3) is 0 Å².